The van der Waals surface area contributed by atoms with Crippen LogP contribution in [0.5, 0.6) is 0 Å². The molecule has 0 saturated heterocycles. The smallest absolute Gasteiger partial charge is 0.267 e. The standard InChI is InChI=1S/C26H19ClN8O/c27-18-12-7-13-19-20(18)25(36)35(16-10-5-2-6-11-16)24(31-19)21(15-8-3-1-4-9-15)32-23-17(14-28)22(29)33-26(30)34-23/h1-13,21H,(H5,29,30,32,33,34)/t21-/m0/s1. The van der Waals surface area contributed by atoms with Gasteiger partial charge in [0.25, 0.3) is 5.56 Å². The maximum absolute atomic E-state index is 13.9. The van der Waals surface area contributed by atoms with Gasteiger partial charge in [0.15, 0.2) is 5.82 Å². The highest BCUT2D eigenvalue weighted by atomic mass is 35.5. The van der Waals surface area contributed by atoms with Gasteiger partial charge in [-0.3, -0.25) is 9.36 Å². The molecule has 5 N–H and O–H groups in total. The molecule has 0 saturated carbocycles. The van der Waals surface area contributed by atoms with Crippen LogP contribution in [0.15, 0.2) is 83.7 Å². The Balaban J connectivity index is 1.84. The highest BCUT2D eigenvalue weighted by Gasteiger charge is 2.26. The summed E-state index contributed by atoms with van der Waals surface area (Å²) < 4.78 is 1.50. The van der Waals surface area contributed by atoms with Crippen LogP contribution in [0.2, 0.25) is 5.02 Å². The summed E-state index contributed by atoms with van der Waals surface area (Å²) in [6, 6.07) is 24.9. The van der Waals surface area contributed by atoms with E-state index in [1.54, 1.807) is 30.3 Å². The van der Waals surface area contributed by atoms with Crippen LogP contribution in [-0.2, 0) is 0 Å². The highest BCUT2D eigenvalue weighted by Crippen LogP contribution is 2.30. The van der Waals surface area contributed by atoms with Gasteiger partial charge in [0.1, 0.15) is 29.3 Å². The lowest BCUT2D eigenvalue weighted by Gasteiger charge is -2.24. The summed E-state index contributed by atoms with van der Waals surface area (Å²) in [5, 5.41) is 13.6. The Labute approximate surface area is 210 Å². The number of hydrogen-bond acceptors (Lipinski definition) is 8. The third-order valence-corrected chi connectivity index (χ3v) is 5.94. The predicted octanol–water partition coefficient (Wildman–Crippen LogP) is 4.07. The summed E-state index contributed by atoms with van der Waals surface area (Å²) in [5.41, 5.74) is 13.3. The van der Waals surface area contributed by atoms with Crippen molar-refractivity contribution in [1.82, 2.24) is 19.5 Å². The molecule has 0 spiro atoms. The minimum Gasteiger partial charge on any atom is -0.382 e. The number of rotatable bonds is 5. The zero-order chi connectivity index (χ0) is 25.2. The first-order valence-electron chi connectivity index (χ1n) is 10.9. The van der Waals surface area contributed by atoms with E-state index in [-0.39, 0.29) is 28.7 Å². The number of nitrogens with one attached hydrogen (secondary N) is 1. The summed E-state index contributed by atoms with van der Waals surface area (Å²) in [5.74, 6) is 0.320. The monoisotopic (exact) mass is 494 g/mol. The second-order valence-electron chi connectivity index (χ2n) is 7.87. The average Bonchev–Trinajstić information content (AvgIpc) is 2.88. The molecule has 2 aromatic heterocycles. The Morgan fingerprint density at radius 3 is 2.31 bits per heavy atom. The summed E-state index contributed by atoms with van der Waals surface area (Å²) in [7, 11) is 0. The van der Waals surface area contributed by atoms with Crippen LogP contribution in [0.4, 0.5) is 17.6 Å². The number of nitrogens with two attached hydrogens (primary N) is 2. The van der Waals surface area contributed by atoms with E-state index in [0.717, 1.165) is 5.56 Å². The molecule has 0 bridgehead atoms. The van der Waals surface area contributed by atoms with Gasteiger partial charge in [-0.25, -0.2) is 4.98 Å². The number of nitriles is 1. The topological polar surface area (TPSA) is 149 Å². The Kier molecular flexibility index (Phi) is 5.94. The fourth-order valence-corrected chi connectivity index (χ4v) is 4.27. The number of nitrogens with zero attached hydrogens (tertiary/aromatic N) is 5. The first-order chi connectivity index (χ1) is 17.5. The van der Waals surface area contributed by atoms with E-state index in [2.05, 4.69) is 15.3 Å². The molecule has 10 heteroatoms. The fourth-order valence-electron chi connectivity index (χ4n) is 4.02. The Morgan fingerprint density at radius 1 is 0.917 bits per heavy atom. The lowest BCUT2D eigenvalue weighted by atomic mass is 10.0. The van der Waals surface area contributed by atoms with E-state index in [4.69, 9.17) is 28.1 Å². The number of aromatic nitrogens is 4. The molecule has 2 heterocycles. The van der Waals surface area contributed by atoms with E-state index in [1.807, 2.05) is 54.6 Å². The zero-order valence-corrected chi connectivity index (χ0v) is 19.5. The van der Waals surface area contributed by atoms with Gasteiger partial charge in [0, 0.05) is 0 Å². The lowest BCUT2D eigenvalue weighted by molar-refractivity contribution is 0.760. The summed E-state index contributed by atoms with van der Waals surface area (Å²) in [6.45, 7) is 0. The summed E-state index contributed by atoms with van der Waals surface area (Å²) in [6.07, 6.45) is 0. The van der Waals surface area contributed by atoms with E-state index >= 15 is 0 Å². The van der Waals surface area contributed by atoms with Gasteiger partial charge in [0.2, 0.25) is 5.95 Å². The molecule has 0 unspecified atom stereocenters. The molecule has 0 aliphatic heterocycles. The van der Waals surface area contributed by atoms with Crippen LogP contribution in [-0.4, -0.2) is 19.5 Å². The largest absolute Gasteiger partial charge is 0.382 e. The van der Waals surface area contributed by atoms with Crippen LogP contribution in [0.1, 0.15) is 23.0 Å². The van der Waals surface area contributed by atoms with Crippen molar-refractivity contribution >= 4 is 40.1 Å². The third-order valence-electron chi connectivity index (χ3n) is 5.63. The van der Waals surface area contributed by atoms with Crippen LogP contribution in [0, 0.1) is 11.3 Å². The molecular weight excluding hydrogens is 476 g/mol. The molecule has 5 rings (SSSR count). The average molecular weight is 495 g/mol. The lowest BCUT2D eigenvalue weighted by Crippen LogP contribution is -2.29. The number of nitrogen functional groups attached to an aromatic ring is 2. The SMILES string of the molecule is N#Cc1c(N)nc(N)nc1N[C@@H](c1ccccc1)c1nc2cccc(Cl)c2c(=O)n1-c1ccccc1. The normalized spacial score (nSPS) is 11.7. The summed E-state index contributed by atoms with van der Waals surface area (Å²) in [4.78, 5) is 26.9. The minimum atomic E-state index is -0.733. The van der Waals surface area contributed by atoms with Gasteiger partial charge in [-0.15, -0.1) is 0 Å². The second-order valence-corrected chi connectivity index (χ2v) is 8.28. The molecule has 0 aliphatic rings. The fraction of sp³-hybridized carbons (Fsp3) is 0.0385. The number of halogens is 1. The van der Waals surface area contributed by atoms with Gasteiger partial charge < -0.3 is 16.8 Å². The molecule has 0 fully saturated rings. The van der Waals surface area contributed by atoms with Crippen molar-refractivity contribution in [1.29, 1.82) is 5.26 Å². The molecule has 0 radical (unpaired) electrons. The number of benzene rings is 3. The highest BCUT2D eigenvalue weighted by molar-refractivity contribution is 6.35. The van der Waals surface area contributed by atoms with Crippen molar-refractivity contribution in [3.8, 4) is 11.8 Å². The van der Waals surface area contributed by atoms with E-state index < -0.39 is 6.04 Å². The first-order valence-corrected chi connectivity index (χ1v) is 11.3. The van der Waals surface area contributed by atoms with Gasteiger partial charge in [-0.2, -0.15) is 15.2 Å². The molecule has 5 aromatic rings. The van der Waals surface area contributed by atoms with Gasteiger partial charge >= 0.3 is 0 Å². The van der Waals surface area contributed by atoms with E-state index in [1.165, 1.54) is 4.57 Å². The number of anilines is 3. The van der Waals surface area contributed by atoms with Crippen LogP contribution in [0.3, 0.4) is 0 Å². The first kappa shape index (κ1) is 22.8. The predicted molar refractivity (Wildman–Crippen MR) is 140 cm³/mol. The third kappa shape index (κ3) is 4.06. The molecule has 9 nitrogen and oxygen atoms in total. The molecule has 0 aliphatic carbocycles. The van der Waals surface area contributed by atoms with Crippen LogP contribution in [0.25, 0.3) is 16.6 Å². The van der Waals surface area contributed by atoms with Crippen LogP contribution >= 0.6 is 11.6 Å². The van der Waals surface area contributed by atoms with Crippen molar-refractivity contribution < 1.29 is 0 Å². The Morgan fingerprint density at radius 2 is 1.61 bits per heavy atom. The number of para-hydroxylation sites is 1. The molecule has 36 heavy (non-hydrogen) atoms. The van der Waals surface area contributed by atoms with Gasteiger partial charge in [0.05, 0.1) is 21.6 Å². The molecule has 3 aromatic carbocycles. The van der Waals surface area contributed by atoms with Crippen molar-refractivity contribution in [2.45, 2.75) is 6.04 Å². The number of hydrogen-bond donors (Lipinski definition) is 3. The Hall–Kier alpha value is -4.94. The maximum Gasteiger partial charge on any atom is 0.267 e. The Bertz CT molecular complexity index is 1680. The summed E-state index contributed by atoms with van der Waals surface area (Å²) >= 11 is 6.43. The molecule has 1 atom stereocenters. The van der Waals surface area contributed by atoms with E-state index in [9.17, 15) is 10.1 Å². The molecular formula is C26H19ClN8O. The van der Waals surface area contributed by atoms with Crippen molar-refractivity contribution in [3.63, 3.8) is 0 Å². The maximum atomic E-state index is 13.9. The molecule has 176 valence electrons. The zero-order valence-electron chi connectivity index (χ0n) is 18.8. The van der Waals surface area contributed by atoms with Crippen LogP contribution < -0.4 is 22.3 Å². The quantitative estimate of drug-likeness (QED) is 0.331. The van der Waals surface area contributed by atoms with E-state index in [0.29, 0.717) is 27.4 Å². The minimum absolute atomic E-state index is 0.0302. The van der Waals surface area contributed by atoms with Crippen molar-refractivity contribution in [2.24, 2.45) is 0 Å². The van der Waals surface area contributed by atoms with Gasteiger partial charge in [-0.05, 0) is 29.8 Å². The van der Waals surface area contributed by atoms with Crippen molar-refractivity contribution in [3.05, 3.63) is 111 Å². The van der Waals surface area contributed by atoms with Crippen molar-refractivity contribution in [2.75, 3.05) is 16.8 Å². The number of fused-ring (bicyclic) bond motifs is 1. The van der Waals surface area contributed by atoms with Gasteiger partial charge in [-0.1, -0.05) is 66.2 Å². The second kappa shape index (κ2) is 9.37. The molecule has 0 amide bonds.